The third-order valence-electron chi connectivity index (χ3n) is 2.88. The molecule has 2 aromatic heterocycles. The van der Waals surface area contributed by atoms with Crippen LogP contribution in [-0.2, 0) is 11.3 Å². The largest absolute Gasteiger partial charge is 0.453 e. The second-order valence-electron chi connectivity index (χ2n) is 4.49. The first kappa shape index (κ1) is 15.4. The molecule has 0 unspecified atom stereocenters. The molecule has 0 aliphatic rings. The van der Waals surface area contributed by atoms with Crippen LogP contribution in [0.2, 0.25) is 0 Å². The van der Waals surface area contributed by atoms with Crippen LogP contribution in [0, 0.1) is 11.6 Å². The summed E-state index contributed by atoms with van der Waals surface area (Å²) in [6.07, 6.45) is 0. The second kappa shape index (κ2) is 6.33. The van der Waals surface area contributed by atoms with Crippen molar-refractivity contribution in [3.8, 4) is 11.3 Å². The van der Waals surface area contributed by atoms with Crippen LogP contribution in [0.4, 0.5) is 8.78 Å². The lowest BCUT2D eigenvalue weighted by Gasteiger charge is -1.99. The van der Waals surface area contributed by atoms with Crippen molar-refractivity contribution in [1.29, 1.82) is 0 Å². The molecule has 0 fully saturated rings. The third-order valence-corrected chi connectivity index (χ3v) is 3.31. The average Bonchev–Trinajstić information content (AvgIpc) is 3.14. The summed E-state index contributed by atoms with van der Waals surface area (Å²) >= 11 is 3.07. The summed E-state index contributed by atoms with van der Waals surface area (Å²) in [5, 5.41) is 3.67. The van der Waals surface area contributed by atoms with E-state index in [4.69, 9.17) is 13.7 Å². The Bertz CT molecular complexity index is 859. The van der Waals surface area contributed by atoms with Gasteiger partial charge in [-0.25, -0.2) is 13.6 Å². The van der Waals surface area contributed by atoms with Crippen LogP contribution >= 0.6 is 15.9 Å². The van der Waals surface area contributed by atoms with Gasteiger partial charge in [0.25, 0.3) is 0 Å². The third kappa shape index (κ3) is 3.48. The highest BCUT2D eigenvalue weighted by Gasteiger charge is 2.15. The monoisotopic (exact) mass is 383 g/mol. The van der Waals surface area contributed by atoms with E-state index in [9.17, 15) is 13.6 Å². The lowest BCUT2D eigenvalue weighted by atomic mass is 10.1. The van der Waals surface area contributed by atoms with Gasteiger partial charge in [-0.1, -0.05) is 5.16 Å². The fraction of sp³-hybridized carbons (Fsp3) is 0.0667. The molecule has 3 rings (SSSR count). The Balaban J connectivity index is 1.69. The molecular formula is C15H8BrF2NO4. The molecule has 0 bridgehead atoms. The summed E-state index contributed by atoms with van der Waals surface area (Å²) in [4.78, 5) is 11.7. The molecule has 23 heavy (non-hydrogen) atoms. The van der Waals surface area contributed by atoms with Crippen molar-refractivity contribution < 1.29 is 27.3 Å². The van der Waals surface area contributed by atoms with E-state index in [1.807, 2.05) is 0 Å². The number of carbonyl (C=O) groups is 1. The molecule has 0 aliphatic carbocycles. The SMILES string of the molecule is O=C(OCc1cc(-c2ccc(F)cc2F)on1)c1ccc(Br)o1. The highest BCUT2D eigenvalue weighted by atomic mass is 79.9. The molecule has 0 saturated heterocycles. The van der Waals surface area contributed by atoms with E-state index in [0.29, 0.717) is 4.67 Å². The number of benzene rings is 1. The van der Waals surface area contributed by atoms with E-state index >= 15 is 0 Å². The molecule has 1 aromatic carbocycles. The summed E-state index contributed by atoms with van der Waals surface area (Å²) in [5.74, 6) is -2.00. The zero-order valence-electron chi connectivity index (χ0n) is 11.4. The maximum atomic E-state index is 13.7. The Kier molecular flexibility index (Phi) is 4.24. The molecular weight excluding hydrogens is 376 g/mol. The van der Waals surface area contributed by atoms with Crippen molar-refractivity contribution in [2.45, 2.75) is 6.61 Å². The Hall–Kier alpha value is -2.48. The number of aromatic nitrogens is 1. The first-order valence-corrected chi connectivity index (χ1v) is 7.16. The van der Waals surface area contributed by atoms with Gasteiger partial charge in [-0.15, -0.1) is 0 Å². The van der Waals surface area contributed by atoms with Gasteiger partial charge in [-0.05, 0) is 40.2 Å². The zero-order valence-corrected chi connectivity index (χ0v) is 13.0. The molecule has 0 aliphatic heterocycles. The van der Waals surface area contributed by atoms with Crippen LogP contribution in [0.3, 0.4) is 0 Å². The van der Waals surface area contributed by atoms with Crippen molar-refractivity contribution in [3.63, 3.8) is 0 Å². The molecule has 0 N–H and O–H groups in total. The number of nitrogens with zero attached hydrogens (tertiary/aromatic N) is 1. The van der Waals surface area contributed by atoms with Crippen LogP contribution in [0.25, 0.3) is 11.3 Å². The molecule has 5 nitrogen and oxygen atoms in total. The lowest BCUT2D eigenvalue weighted by molar-refractivity contribution is 0.0426. The molecule has 0 saturated carbocycles. The van der Waals surface area contributed by atoms with Crippen molar-refractivity contribution in [3.05, 3.63) is 64.2 Å². The first-order chi connectivity index (χ1) is 11.0. The van der Waals surface area contributed by atoms with E-state index in [1.165, 1.54) is 18.2 Å². The highest BCUT2D eigenvalue weighted by molar-refractivity contribution is 9.10. The summed E-state index contributed by atoms with van der Waals surface area (Å²) in [7, 11) is 0. The second-order valence-corrected chi connectivity index (χ2v) is 5.27. The van der Waals surface area contributed by atoms with Crippen LogP contribution in [0.1, 0.15) is 16.2 Å². The summed E-state index contributed by atoms with van der Waals surface area (Å²) in [6, 6.07) is 7.50. The topological polar surface area (TPSA) is 65.5 Å². The van der Waals surface area contributed by atoms with E-state index < -0.39 is 17.6 Å². The van der Waals surface area contributed by atoms with E-state index in [2.05, 4.69) is 21.1 Å². The van der Waals surface area contributed by atoms with Gasteiger partial charge in [0.2, 0.25) is 5.76 Å². The van der Waals surface area contributed by atoms with Crippen LogP contribution < -0.4 is 0 Å². The first-order valence-electron chi connectivity index (χ1n) is 6.36. The van der Waals surface area contributed by atoms with E-state index in [1.54, 1.807) is 6.07 Å². The van der Waals surface area contributed by atoms with Gasteiger partial charge in [-0.2, -0.15) is 0 Å². The molecule has 0 atom stereocenters. The van der Waals surface area contributed by atoms with Crippen molar-refractivity contribution in [2.75, 3.05) is 0 Å². The number of esters is 1. The molecule has 0 amide bonds. The number of ether oxygens (including phenoxy) is 1. The summed E-state index contributed by atoms with van der Waals surface area (Å²) in [5.41, 5.74) is 0.342. The molecule has 2 heterocycles. The quantitative estimate of drug-likeness (QED) is 0.627. The smallest absolute Gasteiger partial charge is 0.374 e. The predicted molar refractivity (Wildman–Crippen MR) is 77.4 cm³/mol. The van der Waals surface area contributed by atoms with Gasteiger partial charge < -0.3 is 13.7 Å². The number of halogens is 3. The minimum atomic E-state index is -0.773. The maximum Gasteiger partial charge on any atom is 0.374 e. The molecule has 118 valence electrons. The Morgan fingerprint density at radius 3 is 2.74 bits per heavy atom. The lowest BCUT2D eigenvalue weighted by Crippen LogP contribution is -2.03. The fourth-order valence-electron chi connectivity index (χ4n) is 1.83. The zero-order chi connectivity index (χ0) is 16.4. The number of furan rings is 1. The molecule has 0 radical (unpaired) electrons. The number of hydrogen-bond acceptors (Lipinski definition) is 5. The van der Waals surface area contributed by atoms with Crippen molar-refractivity contribution in [1.82, 2.24) is 5.16 Å². The van der Waals surface area contributed by atoms with Crippen LogP contribution in [-0.4, -0.2) is 11.1 Å². The summed E-state index contributed by atoms with van der Waals surface area (Å²) in [6.45, 7) is -0.177. The number of carbonyl (C=O) groups excluding carboxylic acids is 1. The normalized spacial score (nSPS) is 10.7. The van der Waals surface area contributed by atoms with Gasteiger partial charge in [0.05, 0.1) is 5.56 Å². The van der Waals surface area contributed by atoms with Crippen molar-refractivity contribution in [2.24, 2.45) is 0 Å². The molecule has 8 heteroatoms. The van der Waals surface area contributed by atoms with Gasteiger partial charge in [0.15, 0.2) is 10.4 Å². The van der Waals surface area contributed by atoms with Gasteiger partial charge in [0.1, 0.15) is 23.9 Å². The number of hydrogen-bond donors (Lipinski definition) is 0. The molecule has 0 spiro atoms. The highest BCUT2D eigenvalue weighted by Crippen LogP contribution is 2.24. The summed E-state index contributed by atoms with van der Waals surface area (Å²) < 4.78 is 42.0. The standard InChI is InChI=1S/C15H8BrF2NO4/c16-14-4-3-12(22-14)15(20)21-7-9-6-13(23-19-9)10-2-1-8(17)5-11(10)18/h1-6H,7H2. The van der Waals surface area contributed by atoms with Crippen molar-refractivity contribution >= 4 is 21.9 Å². The Morgan fingerprint density at radius 2 is 2.04 bits per heavy atom. The van der Waals surface area contributed by atoms with Gasteiger partial charge >= 0.3 is 5.97 Å². The molecule has 3 aromatic rings. The fourth-order valence-corrected chi connectivity index (χ4v) is 2.14. The van der Waals surface area contributed by atoms with Crippen LogP contribution in [0.5, 0.6) is 0 Å². The maximum absolute atomic E-state index is 13.7. The number of rotatable bonds is 4. The minimum absolute atomic E-state index is 0.0326. The Morgan fingerprint density at radius 1 is 1.22 bits per heavy atom. The van der Waals surface area contributed by atoms with E-state index in [-0.39, 0.29) is 29.4 Å². The van der Waals surface area contributed by atoms with Gasteiger partial charge in [0, 0.05) is 12.1 Å². The average molecular weight is 384 g/mol. The van der Waals surface area contributed by atoms with Gasteiger partial charge in [-0.3, -0.25) is 0 Å². The van der Waals surface area contributed by atoms with Crippen LogP contribution in [0.15, 0.2) is 50.0 Å². The predicted octanol–water partition coefficient (Wildman–Crippen LogP) is 4.33. The Labute approximate surface area is 137 Å². The van der Waals surface area contributed by atoms with E-state index in [0.717, 1.165) is 12.1 Å². The minimum Gasteiger partial charge on any atom is -0.453 e.